The molecule has 1 aromatic rings. The van der Waals surface area contributed by atoms with E-state index in [9.17, 15) is 0 Å². The molecule has 4 heteroatoms. The third-order valence-electron chi connectivity index (χ3n) is 4.10. The number of aryl methyl sites for hydroxylation is 1. The summed E-state index contributed by atoms with van der Waals surface area (Å²) in [6, 6.07) is 1.84. The Kier molecular flexibility index (Phi) is 3.25. The van der Waals surface area contributed by atoms with Gasteiger partial charge in [0.15, 0.2) is 5.15 Å². The number of halogens is 2. The van der Waals surface area contributed by atoms with Crippen molar-refractivity contribution in [3.05, 3.63) is 34.1 Å². The molecule has 1 N–H and O–H groups in total. The number of hydrogen-bond acceptors (Lipinski definition) is 2. The van der Waals surface area contributed by atoms with Gasteiger partial charge in [0.25, 0.3) is 0 Å². The van der Waals surface area contributed by atoms with Crippen molar-refractivity contribution in [1.82, 2.24) is 4.98 Å². The molecular weight excluding hydrogens is 267 g/mol. The molecule has 0 aromatic carbocycles. The van der Waals surface area contributed by atoms with E-state index in [1.807, 2.05) is 13.0 Å². The molecule has 0 spiro atoms. The van der Waals surface area contributed by atoms with Crippen molar-refractivity contribution in [2.75, 3.05) is 11.9 Å². The molecule has 2 aliphatic carbocycles. The number of allylic oxidation sites excluding steroid dienone is 2. The van der Waals surface area contributed by atoms with Crippen LogP contribution in [0.2, 0.25) is 10.3 Å². The molecule has 96 valence electrons. The van der Waals surface area contributed by atoms with Crippen molar-refractivity contribution in [2.45, 2.75) is 19.8 Å². The predicted molar refractivity (Wildman–Crippen MR) is 76.3 cm³/mol. The van der Waals surface area contributed by atoms with Gasteiger partial charge < -0.3 is 5.32 Å². The van der Waals surface area contributed by atoms with Gasteiger partial charge in [0.2, 0.25) is 0 Å². The van der Waals surface area contributed by atoms with E-state index in [2.05, 4.69) is 22.5 Å². The van der Waals surface area contributed by atoms with Crippen molar-refractivity contribution in [2.24, 2.45) is 17.8 Å². The highest BCUT2D eigenvalue weighted by atomic mass is 35.5. The summed E-state index contributed by atoms with van der Waals surface area (Å²) in [4.78, 5) is 4.08. The fraction of sp³-hybridized carbons (Fsp3) is 0.500. The van der Waals surface area contributed by atoms with Gasteiger partial charge in [-0.25, -0.2) is 4.98 Å². The number of rotatable bonds is 3. The molecule has 3 atom stereocenters. The average Bonchev–Trinajstić information content (AvgIpc) is 2.89. The van der Waals surface area contributed by atoms with Crippen LogP contribution in [-0.2, 0) is 0 Å². The summed E-state index contributed by atoms with van der Waals surface area (Å²) in [5.74, 6) is 2.29. The molecule has 1 saturated carbocycles. The minimum Gasteiger partial charge on any atom is -0.382 e. The lowest BCUT2D eigenvalue weighted by atomic mass is 9.93. The third-order valence-corrected chi connectivity index (χ3v) is 4.57. The lowest BCUT2D eigenvalue weighted by Crippen LogP contribution is -2.19. The van der Waals surface area contributed by atoms with Gasteiger partial charge in [-0.05, 0) is 49.1 Å². The van der Waals surface area contributed by atoms with E-state index in [1.165, 1.54) is 12.8 Å². The fourth-order valence-corrected chi connectivity index (χ4v) is 3.77. The highest BCUT2D eigenvalue weighted by molar-refractivity contribution is 6.34. The Hall–Kier alpha value is -0.730. The number of anilines is 1. The number of aromatic nitrogens is 1. The number of fused-ring (bicyclic) bond motifs is 2. The summed E-state index contributed by atoms with van der Waals surface area (Å²) in [6.45, 7) is 2.97. The first kappa shape index (κ1) is 12.3. The Morgan fingerprint density at radius 3 is 2.78 bits per heavy atom. The van der Waals surface area contributed by atoms with Gasteiger partial charge in [-0.2, -0.15) is 0 Å². The summed E-state index contributed by atoms with van der Waals surface area (Å²) < 4.78 is 0. The van der Waals surface area contributed by atoms with Gasteiger partial charge in [-0.1, -0.05) is 35.4 Å². The van der Waals surface area contributed by atoms with Crippen LogP contribution < -0.4 is 5.32 Å². The molecule has 1 aromatic heterocycles. The van der Waals surface area contributed by atoms with Crippen molar-refractivity contribution in [1.29, 1.82) is 0 Å². The zero-order valence-corrected chi connectivity index (χ0v) is 11.8. The maximum Gasteiger partial charge on any atom is 0.154 e. The van der Waals surface area contributed by atoms with Crippen LogP contribution in [0.4, 0.5) is 5.69 Å². The lowest BCUT2D eigenvalue weighted by molar-refractivity contribution is 0.472. The maximum absolute atomic E-state index is 6.13. The Bertz CT molecular complexity index is 476. The van der Waals surface area contributed by atoms with Gasteiger partial charge in [-0.3, -0.25) is 0 Å². The summed E-state index contributed by atoms with van der Waals surface area (Å²) in [5, 5.41) is 4.37. The van der Waals surface area contributed by atoms with E-state index < -0.39 is 0 Å². The molecule has 3 rings (SSSR count). The predicted octanol–water partition coefficient (Wildman–Crippen LogP) is 4.32. The fourth-order valence-electron chi connectivity index (χ4n) is 3.17. The molecule has 18 heavy (non-hydrogen) atoms. The highest BCUT2D eigenvalue weighted by Gasteiger charge is 2.35. The van der Waals surface area contributed by atoms with E-state index in [0.29, 0.717) is 10.3 Å². The van der Waals surface area contributed by atoms with E-state index in [4.69, 9.17) is 23.2 Å². The Balaban J connectivity index is 1.69. The van der Waals surface area contributed by atoms with Crippen molar-refractivity contribution in [3.63, 3.8) is 0 Å². The summed E-state index contributed by atoms with van der Waals surface area (Å²) >= 11 is 12.0. The normalized spacial score (nSPS) is 28.9. The van der Waals surface area contributed by atoms with Crippen molar-refractivity contribution in [3.8, 4) is 0 Å². The second-order valence-corrected chi connectivity index (χ2v) is 6.09. The SMILES string of the molecule is Cc1cc(Cl)nc(Cl)c1NCC1CC2C=CC1C2. The minimum absolute atomic E-state index is 0.450. The van der Waals surface area contributed by atoms with Crippen LogP contribution >= 0.6 is 23.2 Å². The van der Waals surface area contributed by atoms with Crippen LogP contribution in [0.25, 0.3) is 0 Å². The van der Waals surface area contributed by atoms with Crippen molar-refractivity contribution >= 4 is 28.9 Å². The molecule has 2 bridgehead atoms. The zero-order chi connectivity index (χ0) is 12.7. The van der Waals surface area contributed by atoms with Gasteiger partial charge in [0, 0.05) is 6.54 Å². The average molecular weight is 283 g/mol. The van der Waals surface area contributed by atoms with Crippen LogP contribution in [0, 0.1) is 24.7 Å². The molecule has 1 fully saturated rings. The lowest BCUT2D eigenvalue weighted by Gasteiger charge is -2.20. The smallest absolute Gasteiger partial charge is 0.154 e. The first-order valence-corrected chi connectivity index (χ1v) is 7.14. The number of hydrogen-bond donors (Lipinski definition) is 1. The van der Waals surface area contributed by atoms with E-state index in [0.717, 1.165) is 35.5 Å². The van der Waals surface area contributed by atoms with Crippen LogP contribution in [-0.4, -0.2) is 11.5 Å². The molecule has 3 unspecified atom stereocenters. The first-order valence-electron chi connectivity index (χ1n) is 6.38. The van der Waals surface area contributed by atoms with Gasteiger partial charge in [0.1, 0.15) is 5.15 Å². The molecule has 2 aliphatic rings. The second-order valence-electron chi connectivity index (χ2n) is 5.35. The van der Waals surface area contributed by atoms with Crippen LogP contribution in [0.1, 0.15) is 18.4 Å². The van der Waals surface area contributed by atoms with E-state index >= 15 is 0 Å². The van der Waals surface area contributed by atoms with Gasteiger partial charge >= 0.3 is 0 Å². The first-order chi connectivity index (χ1) is 8.63. The summed E-state index contributed by atoms with van der Waals surface area (Å²) in [5.41, 5.74) is 1.98. The molecule has 0 aliphatic heterocycles. The topological polar surface area (TPSA) is 24.9 Å². The standard InChI is InChI=1S/C14H16Cl2N2/c1-8-4-12(15)18-14(16)13(8)17-7-11-6-9-2-3-10(11)5-9/h2-4,9-11,17H,5-7H2,1H3. The second kappa shape index (κ2) is 4.75. The number of nitrogens with zero attached hydrogens (tertiary/aromatic N) is 1. The van der Waals surface area contributed by atoms with E-state index in [1.54, 1.807) is 0 Å². The zero-order valence-electron chi connectivity index (χ0n) is 10.3. The van der Waals surface area contributed by atoms with Crippen LogP contribution in [0.5, 0.6) is 0 Å². The largest absolute Gasteiger partial charge is 0.382 e. The number of nitrogens with one attached hydrogen (secondary N) is 1. The third kappa shape index (κ3) is 2.24. The van der Waals surface area contributed by atoms with Crippen molar-refractivity contribution < 1.29 is 0 Å². The quantitative estimate of drug-likeness (QED) is 0.660. The van der Waals surface area contributed by atoms with Gasteiger partial charge in [0.05, 0.1) is 5.69 Å². The minimum atomic E-state index is 0.450. The Morgan fingerprint density at radius 2 is 2.17 bits per heavy atom. The molecular formula is C14H16Cl2N2. The molecule has 0 radical (unpaired) electrons. The highest BCUT2D eigenvalue weighted by Crippen LogP contribution is 2.43. The molecule has 1 heterocycles. The van der Waals surface area contributed by atoms with Gasteiger partial charge in [-0.15, -0.1) is 0 Å². The Labute approximate surface area is 117 Å². The molecule has 0 amide bonds. The summed E-state index contributed by atoms with van der Waals surface area (Å²) in [6.07, 6.45) is 7.36. The van der Waals surface area contributed by atoms with Crippen LogP contribution in [0.3, 0.4) is 0 Å². The van der Waals surface area contributed by atoms with Crippen LogP contribution in [0.15, 0.2) is 18.2 Å². The van der Waals surface area contributed by atoms with E-state index in [-0.39, 0.29) is 0 Å². The Morgan fingerprint density at radius 1 is 1.33 bits per heavy atom. The molecule has 0 saturated heterocycles. The monoisotopic (exact) mass is 282 g/mol. The molecule has 2 nitrogen and oxygen atoms in total. The number of pyridine rings is 1. The summed E-state index contributed by atoms with van der Waals surface area (Å²) in [7, 11) is 0. The maximum atomic E-state index is 6.13.